The van der Waals surface area contributed by atoms with E-state index in [0.717, 1.165) is 0 Å². The van der Waals surface area contributed by atoms with Crippen molar-refractivity contribution in [3.05, 3.63) is 6.92 Å². The number of hydrogen-bond acceptors (Lipinski definition) is 3. The standard InChI is InChI=1S/C6H6F3O3/c1-2-3-4(10)12-5(11)6(7,8)9/h1-3H2. The molecule has 6 heteroatoms. The summed E-state index contributed by atoms with van der Waals surface area (Å²) in [4.78, 5) is 20.3. The summed E-state index contributed by atoms with van der Waals surface area (Å²) in [6, 6.07) is 0. The molecule has 0 atom stereocenters. The van der Waals surface area contributed by atoms with Gasteiger partial charge in [-0.1, -0.05) is 6.92 Å². The third-order valence-electron chi connectivity index (χ3n) is 0.819. The normalized spacial score (nSPS) is 11.0. The second-order valence-electron chi connectivity index (χ2n) is 1.86. The fourth-order valence-electron chi connectivity index (χ4n) is 0.357. The number of carbonyl (C=O) groups excluding carboxylic acids is 2. The van der Waals surface area contributed by atoms with Crippen molar-refractivity contribution in [1.82, 2.24) is 0 Å². The Morgan fingerprint density at radius 2 is 1.83 bits per heavy atom. The molecule has 0 saturated carbocycles. The van der Waals surface area contributed by atoms with Crippen LogP contribution >= 0.6 is 0 Å². The lowest BCUT2D eigenvalue weighted by molar-refractivity contribution is -0.201. The lowest BCUT2D eigenvalue weighted by Crippen LogP contribution is -2.27. The van der Waals surface area contributed by atoms with Gasteiger partial charge in [0.1, 0.15) is 0 Å². The molecule has 0 aromatic rings. The zero-order valence-electron chi connectivity index (χ0n) is 5.98. The van der Waals surface area contributed by atoms with Crippen LogP contribution < -0.4 is 0 Å². The van der Waals surface area contributed by atoms with Crippen LogP contribution in [-0.4, -0.2) is 18.1 Å². The molecule has 12 heavy (non-hydrogen) atoms. The van der Waals surface area contributed by atoms with Crippen LogP contribution in [0.1, 0.15) is 12.8 Å². The Labute approximate surface area is 66.5 Å². The van der Waals surface area contributed by atoms with Crippen LogP contribution in [0, 0.1) is 6.92 Å². The highest BCUT2D eigenvalue weighted by Gasteiger charge is 2.42. The van der Waals surface area contributed by atoms with Gasteiger partial charge in [0.05, 0.1) is 0 Å². The van der Waals surface area contributed by atoms with Crippen LogP contribution in [0.15, 0.2) is 0 Å². The average Bonchev–Trinajstić information content (AvgIpc) is 1.85. The first-order valence-electron chi connectivity index (χ1n) is 2.99. The van der Waals surface area contributed by atoms with Crippen LogP contribution in [0.3, 0.4) is 0 Å². The predicted molar refractivity (Wildman–Crippen MR) is 31.7 cm³/mol. The lowest BCUT2D eigenvalue weighted by atomic mass is 10.3. The maximum absolute atomic E-state index is 11.4. The number of carbonyl (C=O) groups is 2. The van der Waals surface area contributed by atoms with Crippen molar-refractivity contribution < 1.29 is 27.5 Å². The molecule has 0 aliphatic carbocycles. The van der Waals surface area contributed by atoms with Crippen molar-refractivity contribution in [2.75, 3.05) is 0 Å². The minimum absolute atomic E-state index is 0.0873. The van der Waals surface area contributed by atoms with E-state index in [1.54, 1.807) is 0 Å². The third-order valence-corrected chi connectivity index (χ3v) is 0.819. The summed E-state index contributed by atoms with van der Waals surface area (Å²) in [5, 5.41) is 0. The number of esters is 2. The molecule has 0 saturated heterocycles. The van der Waals surface area contributed by atoms with E-state index in [-0.39, 0.29) is 12.8 Å². The van der Waals surface area contributed by atoms with Crippen molar-refractivity contribution >= 4 is 11.9 Å². The van der Waals surface area contributed by atoms with Crippen LogP contribution in [0.2, 0.25) is 0 Å². The van der Waals surface area contributed by atoms with E-state index in [9.17, 15) is 22.8 Å². The summed E-state index contributed by atoms with van der Waals surface area (Å²) >= 11 is 0. The first-order chi connectivity index (χ1) is 5.38. The van der Waals surface area contributed by atoms with E-state index in [4.69, 9.17) is 0 Å². The highest BCUT2D eigenvalue weighted by Crippen LogP contribution is 2.16. The van der Waals surface area contributed by atoms with Crippen LogP contribution in [0.25, 0.3) is 0 Å². The zero-order valence-corrected chi connectivity index (χ0v) is 5.98. The van der Waals surface area contributed by atoms with E-state index < -0.39 is 18.1 Å². The second-order valence-corrected chi connectivity index (χ2v) is 1.86. The molecule has 69 valence electrons. The molecule has 3 nitrogen and oxygen atoms in total. The van der Waals surface area contributed by atoms with Gasteiger partial charge in [-0.05, 0) is 6.42 Å². The van der Waals surface area contributed by atoms with Crippen molar-refractivity contribution in [2.24, 2.45) is 0 Å². The number of halogens is 3. The molecule has 0 aliphatic rings. The average molecular weight is 183 g/mol. The molecule has 0 spiro atoms. The fraction of sp³-hybridized carbons (Fsp3) is 0.500. The summed E-state index contributed by atoms with van der Waals surface area (Å²) in [5.41, 5.74) is 0. The van der Waals surface area contributed by atoms with Crippen molar-refractivity contribution in [1.29, 1.82) is 0 Å². The number of ether oxygens (including phenoxy) is 1. The number of hydrogen-bond donors (Lipinski definition) is 0. The molecule has 0 rings (SSSR count). The molecule has 0 heterocycles. The Hall–Kier alpha value is -1.07. The largest absolute Gasteiger partial charge is 0.491 e. The van der Waals surface area contributed by atoms with Crippen molar-refractivity contribution in [3.8, 4) is 0 Å². The van der Waals surface area contributed by atoms with Gasteiger partial charge in [-0.25, -0.2) is 4.79 Å². The molecule has 0 aromatic heterocycles. The minimum Gasteiger partial charge on any atom is -0.386 e. The molecule has 0 aliphatic heterocycles. The molecule has 0 unspecified atom stereocenters. The monoisotopic (exact) mass is 183 g/mol. The van der Waals surface area contributed by atoms with Crippen LogP contribution in [0.4, 0.5) is 13.2 Å². The Kier molecular flexibility index (Phi) is 3.72. The topological polar surface area (TPSA) is 43.4 Å². The molecule has 0 amide bonds. The number of rotatable bonds is 2. The predicted octanol–water partition coefficient (Wildman–Crippen LogP) is 1.23. The SMILES string of the molecule is [CH2]CCC(=O)OC(=O)C(F)(F)F. The summed E-state index contributed by atoms with van der Waals surface area (Å²) in [6.45, 7) is 3.20. The van der Waals surface area contributed by atoms with Crippen LogP contribution in [0.5, 0.6) is 0 Å². The van der Waals surface area contributed by atoms with Crippen LogP contribution in [-0.2, 0) is 14.3 Å². The molecular weight excluding hydrogens is 177 g/mol. The Bertz CT molecular complexity index is 185. The van der Waals surface area contributed by atoms with Gasteiger partial charge in [0.2, 0.25) is 0 Å². The maximum atomic E-state index is 11.4. The van der Waals surface area contributed by atoms with E-state index in [1.165, 1.54) is 0 Å². The lowest BCUT2D eigenvalue weighted by Gasteiger charge is -2.03. The second kappa shape index (κ2) is 4.08. The van der Waals surface area contributed by atoms with Gasteiger partial charge in [0.25, 0.3) is 0 Å². The maximum Gasteiger partial charge on any atom is 0.491 e. The first kappa shape index (κ1) is 10.9. The van der Waals surface area contributed by atoms with Gasteiger partial charge in [-0.15, -0.1) is 0 Å². The van der Waals surface area contributed by atoms with Crippen molar-refractivity contribution in [3.63, 3.8) is 0 Å². The Morgan fingerprint density at radius 3 is 2.17 bits per heavy atom. The summed E-state index contributed by atoms with van der Waals surface area (Å²) in [5.74, 6) is -3.70. The molecular formula is C6H6F3O3. The Balaban J connectivity index is 3.94. The number of alkyl halides is 3. The molecule has 0 N–H and O–H groups in total. The molecule has 0 bridgehead atoms. The summed E-state index contributed by atoms with van der Waals surface area (Å²) in [6.07, 6.45) is -5.33. The summed E-state index contributed by atoms with van der Waals surface area (Å²) in [7, 11) is 0. The van der Waals surface area contributed by atoms with Gasteiger partial charge in [0.15, 0.2) is 0 Å². The van der Waals surface area contributed by atoms with Gasteiger partial charge in [-0.2, -0.15) is 13.2 Å². The van der Waals surface area contributed by atoms with Gasteiger partial charge in [0, 0.05) is 6.42 Å². The molecule has 0 fully saturated rings. The van der Waals surface area contributed by atoms with E-state index in [0.29, 0.717) is 0 Å². The van der Waals surface area contributed by atoms with Crippen molar-refractivity contribution in [2.45, 2.75) is 19.0 Å². The quantitative estimate of drug-likeness (QED) is 0.477. The molecule has 0 aromatic carbocycles. The highest BCUT2D eigenvalue weighted by atomic mass is 19.4. The van der Waals surface area contributed by atoms with Gasteiger partial charge >= 0.3 is 18.1 Å². The van der Waals surface area contributed by atoms with Gasteiger partial charge in [-0.3, -0.25) is 4.79 Å². The summed E-state index contributed by atoms with van der Waals surface area (Å²) < 4.78 is 37.6. The van der Waals surface area contributed by atoms with Gasteiger partial charge < -0.3 is 4.74 Å². The van der Waals surface area contributed by atoms with E-state index in [2.05, 4.69) is 11.7 Å². The Morgan fingerprint density at radius 1 is 1.33 bits per heavy atom. The first-order valence-corrected chi connectivity index (χ1v) is 2.99. The third kappa shape index (κ3) is 3.95. The van der Waals surface area contributed by atoms with E-state index >= 15 is 0 Å². The minimum atomic E-state index is -5.11. The fourth-order valence-corrected chi connectivity index (χ4v) is 0.357. The smallest absolute Gasteiger partial charge is 0.386 e. The van der Waals surface area contributed by atoms with E-state index in [1.807, 2.05) is 0 Å². The molecule has 1 radical (unpaired) electrons. The highest BCUT2D eigenvalue weighted by molar-refractivity contribution is 5.88. The zero-order chi connectivity index (χ0) is 9.78.